The lowest BCUT2D eigenvalue weighted by Gasteiger charge is -2.33. The van der Waals surface area contributed by atoms with Gasteiger partial charge in [-0.15, -0.1) is 0 Å². The summed E-state index contributed by atoms with van der Waals surface area (Å²) in [5.74, 6) is 0.574. The molecule has 0 atom stereocenters. The van der Waals surface area contributed by atoms with Crippen LogP contribution in [0.2, 0.25) is 0 Å². The minimum atomic E-state index is -0.784. The van der Waals surface area contributed by atoms with Crippen molar-refractivity contribution in [2.45, 2.75) is 25.8 Å². The number of likely N-dealkylation sites (tertiary alicyclic amines) is 1. The minimum absolute atomic E-state index is 0.574. The molecular formula is C22H28N2O2. The van der Waals surface area contributed by atoms with Crippen molar-refractivity contribution in [3.8, 4) is 0 Å². The summed E-state index contributed by atoms with van der Waals surface area (Å²) in [6.07, 6.45) is 2.18. The highest BCUT2D eigenvalue weighted by atomic mass is 16.4. The van der Waals surface area contributed by atoms with E-state index in [1.165, 1.54) is 11.1 Å². The zero-order valence-electron chi connectivity index (χ0n) is 15.3. The summed E-state index contributed by atoms with van der Waals surface area (Å²) in [5, 5.41) is 9.13. The molecule has 4 heteroatoms. The first-order valence-electron chi connectivity index (χ1n) is 9.49. The van der Waals surface area contributed by atoms with Crippen molar-refractivity contribution in [3.63, 3.8) is 0 Å². The lowest BCUT2D eigenvalue weighted by molar-refractivity contribution is 0.112. The van der Waals surface area contributed by atoms with Crippen molar-refractivity contribution in [3.05, 3.63) is 71.8 Å². The van der Waals surface area contributed by atoms with Gasteiger partial charge in [0.1, 0.15) is 0 Å². The Balaban J connectivity index is 1.58. The second kappa shape index (κ2) is 9.39. The van der Waals surface area contributed by atoms with Gasteiger partial charge in [-0.05, 0) is 36.3 Å². The van der Waals surface area contributed by atoms with E-state index in [2.05, 4.69) is 65.6 Å². The van der Waals surface area contributed by atoms with Crippen LogP contribution in [0.4, 0.5) is 4.79 Å². The SMILES string of the molecule is O=C(O)N1CCC(CN(CCc2ccccc2)Cc2ccccc2)CC1. The molecule has 0 spiro atoms. The minimum Gasteiger partial charge on any atom is -0.465 e. The van der Waals surface area contributed by atoms with Gasteiger partial charge in [0.25, 0.3) is 0 Å². The van der Waals surface area contributed by atoms with Crippen molar-refractivity contribution in [1.29, 1.82) is 0 Å². The van der Waals surface area contributed by atoms with Crippen LogP contribution in [0.25, 0.3) is 0 Å². The average molecular weight is 352 g/mol. The molecule has 1 saturated heterocycles. The van der Waals surface area contributed by atoms with E-state index >= 15 is 0 Å². The number of piperidine rings is 1. The van der Waals surface area contributed by atoms with Crippen LogP contribution >= 0.6 is 0 Å². The van der Waals surface area contributed by atoms with E-state index in [-0.39, 0.29) is 0 Å². The smallest absolute Gasteiger partial charge is 0.407 e. The molecule has 4 nitrogen and oxygen atoms in total. The van der Waals surface area contributed by atoms with E-state index in [0.717, 1.165) is 38.9 Å². The Morgan fingerprint density at radius 3 is 2.12 bits per heavy atom. The normalized spacial score (nSPS) is 15.3. The molecule has 1 amide bonds. The maximum Gasteiger partial charge on any atom is 0.407 e. The van der Waals surface area contributed by atoms with Crippen molar-refractivity contribution in [2.75, 3.05) is 26.2 Å². The number of hydrogen-bond acceptors (Lipinski definition) is 2. The molecule has 3 rings (SSSR count). The monoisotopic (exact) mass is 352 g/mol. The standard InChI is InChI=1S/C22H28N2O2/c25-22(26)24-15-12-21(13-16-24)18-23(17-20-9-5-2-6-10-20)14-11-19-7-3-1-4-8-19/h1-10,21H,11-18H2,(H,25,26). The third-order valence-electron chi connectivity index (χ3n) is 5.21. The Kier molecular flexibility index (Phi) is 6.67. The molecule has 1 N–H and O–H groups in total. The molecule has 0 radical (unpaired) electrons. The predicted molar refractivity (Wildman–Crippen MR) is 104 cm³/mol. The predicted octanol–water partition coefficient (Wildman–Crippen LogP) is 4.12. The van der Waals surface area contributed by atoms with Gasteiger partial charge in [0, 0.05) is 32.7 Å². The molecule has 0 saturated carbocycles. The summed E-state index contributed by atoms with van der Waals surface area (Å²) in [5.41, 5.74) is 2.70. The number of benzene rings is 2. The summed E-state index contributed by atoms with van der Waals surface area (Å²) in [6, 6.07) is 21.2. The lowest BCUT2D eigenvalue weighted by Crippen LogP contribution is -2.41. The third kappa shape index (κ3) is 5.60. The number of hydrogen-bond donors (Lipinski definition) is 1. The molecule has 26 heavy (non-hydrogen) atoms. The first-order valence-corrected chi connectivity index (χ1v) is 9.49. The van der Waals surface area contributed by atoms with Gasteiger partial charge in [0.15, 0.2) is 0 Å². The highest BCUT2D eigenvalue weighted by Crippen LogP contribution is 2.20. The molecule has 1 fully saturated rings. The Hall–Kier alpha value is -2.33. The van der Waals surface area contributed by atoms with Gasteiger partial charge in [-0.3, -0.25) is 4.90 Å². The quantitative estimate of drug-likeness (QED) is 0.815. The van der Waals surface area contributed by atoms with E-state index in [1.807, 2.05) is 0 Å². The van der Waals surface area contributed by atoms with Crippen LogP contribution in [0.1, 0.15) is 24.0 Å². The zero-order valence-corrected chi connectivity index (χ0v) is 15.3. The number of amides is 1. The van der Waals surface area contributed by atoms with Crippen molar-refractivity contribution in [1.82, 2.24) is 9.80 Å². The van der Waals surface area contributed by atoms with E-state index in [4.69, 9.17) is 5.11 Å². The Bertz CT molecular complexity index is 667. The molecule has 138 valence electrons. The van der Waals surface area contributed by atoms with Crippen LogP contribution in [-0.4, -0.2) is 47.2 Å². The van der Waals surface area contributed by atoms with Crippen LogP contribution in [0.15, 0.2) is 60.7 Å². The number of rotatable bonds is 7. The molecule has 0 unspecified atom stereocenters. The van der Waals surface area contributed by atoms with Crippen LogP contribution in [0.3, 0.4) is 0 Å². The van der Waals surface area contributed by atoms with Crippen LogP contribution in [-0.2, 0) is 13.0 Å². The van der Waals surface area contributed by atoms with E-state index < -0.39 is 6.09 Å². The van der Waals surface area contributed by atoms with Crippen molar-refractivity contribution < 1.29 is 9.90 Å². The summed E-state index contributed by atoms with van der Waals surface area (Å²) in [6.45, 7) is 4.34. The second-order valence-corrected chi connectivity index (χ2v) is 7.17. The summed E-state index contributed by atoms with van der Waals surface area (Å²) >= 11 is 0. The maximum atomic E-state index is 11.1. The van der Waals surface area contributed by atoms with Gasteiger partial charge >= 0.3 is 6.09 Å². The van der Waals surface area contributed by atoms with Crippen LogP contribution in [0, 0.1) is 5.92 Å². The van der Waals surface area contributed by atoms with Crippen molar-refractivity contribution >= 4 is 6.09 Å². The fraction of sp³-hybridized carbons (Fsp3) is 0.409. The highest BCUT2D eigenvalue weighted by molar-refractivity contribution is 5.64. The first-order chi connectivity index (χ1) is 12.7. The van der Waals surface area contributed by atoms with E-state index in [1.54, 1.807) is 4.90 Å². The zero-order chi connectivity index (χ0) is 18.2. The van der Waals surface area contributed by atoms with Gasteiger partial charge in [0.05, 0.1) is 0 Å². The molecule has 0 aliphatic carbocycles. The number of carboxylic acid groups (broad SMARTS) is 1. The Morgan fingerprint density at radius 1 is 0.962 bits per heavy atom. The summed E-state index contributed by atoms with van der Waals surface area (Å²) < 4.78 is 0. The van der Waals surface area contributed by atoms with Crippen LogP contribution < -0.4 is 0 Å². The number of carbonyl (C=O) groups is 1. The summed E-state index contributed by atoms with van der Waals surface area (Å²) in [4.78, 5) is 15.2. The highest BCUT2D eigenvalue weighted by Gasteiger charge is 2.23. The molecule has 2 aromatic rings. The molecular weight excluding hydrogens is 324 g/mol. The van der Waals surface area contributed by atoms with E-state index in [9.17, 15) is 4.79 Å². The van der Waals surface area contributed by atoms with Gasteiger partial charge in [0.2, 0.25) is 0 Å². The van der Waals surface area contributed by atoms with Crippen LogP contribution in [0.5, 0.6) is 0 Å². The molecule has 0 aromatic heterocycles. The Labute approximate surface area is 156 Å². The van der Waals surface area contributed by atoms with Gasteiger partial charge in [-0.2, -0.15) is 0 Å². The average Bonchev–Trinajstić information content (AvgIpc) is 2.68. The summed E-state index contributed by atoms with van der Waals surface area (Å²) in [7, 11) is 0. The molecule has 1 aliphatic heterocycles. The second-order valence-electron chi connectivity index (χ2n) is 7.17. The fourth-order valence-corrected chi connectivity index (χ4v) is 3.68. The van der Waals surface area contributed by atoms with E-state index in [0.29, 0.717) is 19.0 Å². The lowest BCUT2D eigenvalue weighted by atomic mass is 9.96. The molecule has 0 bridgehead atoms. The van der Waals surface area contributed by atoms with Gasteiger partial charge in [-0.25, -0.2) is 4.79 Å². The topological polar surface area (TPSA) is 43.8 Å². The van der Waals surface area contributed by atoms with Crippen molar-refractivity contribution in [2.24, 2.45) is 5.92 Å². The number of nitrogens with zero attached hydrogens (tertiary/aromatic N) is 2. The van der Waals surface area contributed by atoms with Gasteiger partial charge < -0.3 is 10.0 Å². The largest absolute Gasteiger partial charge is 0.465 e. The first kappa shape index (κ1) is 18.5. The molecule has 1 heterocycles. The Morgan fingerprint density at radius 2 is 1.54 bits per heavy atom. The molecule has 1 aliphatic rings. The maximum absolute atomic E-state index is 11.1. The molecule has 2 aromatic carbocycles. The van der Waals surface area contributed by atoms with Gasteiger partial charge in [-0.1, -0.05) is 60.7 Å². The fourth-order valence-electron chi connectivity index (χ4n) is 3.68. The third-order valence-corrected chi connectivity index (χ3v) is 5.21.